The van der Waals surface area contributed by atoms with Crippen LogP contribution >= 0.6 is 0 Å². The van der Waals surface area contributed by atoms with Gasteiger partial charge in [-0.2, -0.15) is 0 Å². The van der Waals surface area contributed by atoms with Crippen LogP contribution in [0.4, 0.5) is 4.39 Å². The lowest BCUT2D eigenvalue weighted by molar-refractivity contribution is 0.488. The maximum atomic E-state index is 13.4. The average Bonchev–Trinajstić information content (AvgIpc) is 2.82. The Morgan fingerprint density at radius 2 is 2.18 bits per heavy atom. The van der Waals surface area contributed by atoms with Crippen molar-refractivity contribution in [2.75, 3.05) is 0 Å². The van der Waals surface area contributed by atoms with Gasteiger partial charge in [-0.3, -0.25) is 0 Å². The Morgan fingerprint density at radius 3 is 2.82 bits per heavy atom. The van der Waals surface area contributed by atoms with E-state index < -0.39 is 0 Å². The normalized spacial score (nSPS) is 12.6. The molecule has 0 aliphatic rings. The highest BCUT2D eigenvalue weighted by molar-refractivity contribution is 5.25. The zero-order valence-electron chi connectivity index (χ0n) is 9.82. The summed E-state index contributed by atoms with van der Waals surface area (Å²) in [6.07, 6.45) is 3.16. The molecule has 2 N–H and O–H groups in total. The summed E-state index contributed by atoms with van der Waals surface area (Å²) in [5, 5.41) is 0. The summed E-state index contributed by atoms with van der Waals surface area (Å²) in [4.78, 5) is 0. The topological polar surface area (TPSA) is 39.2 Å². The Kier molecular flexibility index (Phi) is 3.59. The average molecular weight is 233 g/mol. The lowest BCUT2D eigenvalue weighted by Crippen LogP contribution is -2.11. The Bertz CT molecular complexity index is 479. The molecule has 1 aromatic carbocycles. The molecule has 0 aliphatic heterocycles. The van der Waals surface area contributed by atoms with Crippen molar-refractivity contribution < 1.29 is 8.81 Å². The molecule has 90 valence electrons. The number of benzene rings is 1. The Balaban J connectivity index is 1.99. The van der Waals surface area contributed by atoms with E-state index in [9.17, 15) is 4.39 Å². The van der Waals surface area contributed by atoms with Crippen LogP contribution in [0.1, 0.15) is 29.3 Å². The zero-order chi connectivity index (χ0) is 12.3. The molecule has 0 bridgehead atoms. The third-order valence-electron chi connectivity index (χ3n) is 2.91. The summed E-state index contributed by atoms with van der Waals surface area (Å²) < 4.78 is 18.6. The second kappa shape index (κ2) is 5.15. The van der Waals surface area contributed by atoms with Gasteiger partial charge in [0.2, 0.25) is 0 Å². The van der Waals surface area contributed by atoms with Crippen molar-refractivity contribution in [1.29, 1.82) is 0 Å². The molecule has 0 spiro atoms. The fraction of sp³-hybridized carbons (Fsp3) is 0.286. The molecule has 1 unspecified atom stereocenters. The molecule has 0 radical (unpaired) electrons. The zero-order valence-corrected chi connectivity index (χ0v) is 9.82. The van der Waals surface area contributed by atoms with Crippen molar-refractivity contribution in [2.24, 2.45) is 5.73 Å². The minimum absolute atomic E-state index is 0.157. The predicted octanol–water partition coefficient (Wildman–Crippen LogP) is 3.36. The van der Waals surface area contributed by atoms with E-state index in [0.717, 1.165) is 24.2 Å². The number of furan rings is 1. The summed E-state index contributed by atoms with van der Waals surface area (Å²) in [7, 11) is 0. The second-order valence-corrected chi connectivity index (χ2v) is 4.23. The van der Waals surface area contributed by atoms with Crippen LogP contribution in [0.3, 0.4) is 0 Å². The van der Waals surface area contributed by atoms with Gasteiger partial charge in [0.25, 0.3) is 0 Å². The highest BCUT2D eigenvalue weighted by Crippen LogP contribution is 2.19. The molecule has 2 nitrogen and oxygen atoms in total. The maximum absolute atomic E-state index is 13.4. The highest BCUT2D eigenvalue weighted by Gasteiger charge is 2.09. The molecule has 1 heterocycles. The van der Waals surface area contributed by atoms with Crippen molar-refractivity contribution in [3.63, 3.8) is 0 Å². The molecule has 17 heavy (non-hydrogen) atoms. The maximum Gasteiger partial charge on any atom is 0.126 e. The molecule has 1 aromatic heterocycles. The van der Waals surface area contributed by atoms with E-state index in [4.69, 9.17) is 10.2 Å². The van der Waals surface area contributed by atoms with Gasteiger partial charge < -0.3 is 10.2 Å². The lowest BCUT2D eigenvalue weighted by atomic mass is 10.0. The number of halogens is 1. The number of hydrogen-bond donors (Lipinski definition) is 1. The van der Waals surface area contributed by atoms with E-state index in [0.29, 0.717) is 5.56 Å². The highest BCUT2D eigenvalue weighted by atomic mass is 19.1. The van der Waals surface area contributed by atoms with E-state index in [-0.39, 0.29) is 11.9 Å². The minimum atomic E-state index is -0.198. The fourth-order valence-corrected chi connectivity index (χ4v) is 1.76. The van der Waals surface area contributed by atoms with E-state index in [2.05, 4.69) is 0 Å². The smallest absolute Gasteiger partial charge is 0.126 e. The van der Waals surface area contributed by atoms with Crippen LogP contribution in [0, 0.1) is 12.7 Å². The number of rotatable bonds is 4. The first-order valence-corrected chi connectivity index (χ1v) is 5.71. The summed E-state index contributed by atoms with van der Waals surface area (Å²) in [5.74, 6) is 0.712. The summed E-state index contributed by atoms with van der Waals surface area (Å²) in [5.41, 5.74) is 7.50. The fourth-order valence-electron chi connectivity index (χ4n) is 1.76. The van der Waals surface area contributed by atoms with E-state index in [1.54, 1.807) is 19.3 Å². The monoisotopic (exact) mass is 233 g/mol. The minimum Gasteiger partial charge on any atom is -0.469 e. The molecular formula is C14H16FNO. The number of aryl methyl sites for hydroxylation is 2. The standard InChI is InChI=1S/C14H16FNO/c1-10-4-5-11(9-13(10)15)14(16)7-6-12-3-2-8-17-12/h2-5,8-9,14H,6-7,16H2,1H3. The van der Waals surface area contributed by atoms with Gasteiger partial charge in [0.05, 0.1) is 6.26 Å². The number of nitrogens with two attached hydrogens (primary N) is 1. The van der Waals surface area contributed by atoms with Crippen molar-refractivity contribution in [1.82, 2.24) is 0 Å². The van der Waals surface area contributed by atoms with Crippen LogP contribution in [-0.4, -0.2) is 0 Å². The second-order valence-electron chi connectivity index (χ2n) is 4.23. The first-order valence-electron chi connectivity index (χ1n) is 5.71. The molecule has 0 saturated carbocycles. The van der Waals surface area contributed by atoms with E-state index >= 15 is 0 Å². The van der Waals surface area contributed by atoms with Crippen LogP contribution in [0.5, 0.6) is 0 Å². The lowest BCUT2D eigenvalue weighted by Gasteiger charge is -2.11. The van der Waals surface area contributed by atoms with Gasteiger partial charge in [0.15, 0.2) is 0 Å². The summed E-state index contributed by atoms with van der Waals surface area (Å²) in [6.45, 7) is 1.74. The van der Waals surface area contributed by atoms with Crippen LogP contribution in [0.2, 0.25) is 0 Å². The van der Waals surface area contributed by atoms with Gasteiger partial charge in [-0.25, -0.2) is 4.39 Å². The summed E-state index contributed by atoms with van der Waals surface area (Å²) in [6, 6.07) is 8.77. The Morgan fingerprint density at radius 1 is 1.35 bits per heavy atom. The SMILES string of the molecule is Cc1ccc(C(N)CCc2ccco2)cc1F. The van der Waals surface area contributed by atoms with Crippen LogP contribution in [0.15, 0.2) is 41.0 Å². The van der Waals surface area contributed by atoms with Gasteiger partial charge in [-0.05, 0) is 42.7 Å². The molecule has 2 aromatic rings. The van der Waals surface area contributed by atoms with Crippen LogP contribution in [0.25, 0.3) is 0 Å². The molecule has 3 heteroatoms. The molecule has 1 atom stereocenters. The van der Waals surface area contributed by atoms with Crippen molar-refractivity contribution in [2.45, 2.75) is 25.8 Å². The molecule has 2 rings (SSSR count). The number of hydrogen-bond acceptors (Lipinski definition) is 2. The van der Waals surface area contributed by atoms with Gasteiger partial charge >= 0.3 is 0 Å². The van der Waals surface area contributed by atoms with Gasteiger partial charge in [-0.15, -0.1) is 0 Å². The van der Waals surface area contributed by atoms with Gasteiger partial charge in [-0.1, -0.05) is 12.1 Å². The van der Waals surface area contributed by atoms with Crippen molar-refractivity contribution >= 4 is 0 Å². The Hall–Kier alpha value is -1.61. The first kappa shape index (κ1) is 11.9. The molecule has 0 fully saturated rings. The van der Waals surface area contributed by atoms with Crippen molar-refractivity contribution in [3.8, 4) is 0 Å². The Labute approximate surface area is 100 Å². The van der Waals surface area contributed by atoms with Crippen molar-refractivity contribution in [3.05, 3.63) is 59.3 Å². The van der Waals surface area contributed by atoms with E-state index in [1.165, 1.54) is 6.07 Å². The van der Waals surface area contributed by atoms with Gasteiger partial charge in [0.1, 0.15) is 11.6 Å². The third kappa shape index (κ3) is 2.94. The quantitative estimate of drug-likeness (QED) is 0.879. The molecular weight excluding hydrogens is 217 g/mol. The first-order chi connectivity index (χ1) is 8.16. The molecule has 0 aliphatic carbocycles. The molecule has 0 amide bonds. The third-order valence-corrected chi connectivity index (χ3v) is 2.91. The predicted molar refractivity (Wildman–Crippen MR) is 65.1 cm³/mol. The van der Waals surface area contributed by atoms with Gasteiger partial charge in [0, 0.05) is 12.5 Å². The van der Waals surface area contributed by atoms with Crippen LogP contribution < -0.4 is 5.73 Å². The molecule has 0 saturated heterocycles. The van der Waals surface area contributed by atoms with E-state index in [1.807, 2.05) is 18.2 Å². The summed E-state index contributed by atoms with van der Waals surface area (Å²) >= 11 is 0. The largest absolute Gasteiger partial charge is 0.469 e. The van der Waals surface area contributed by atoms with Crippen LogP contribution in [-0.2, 0) is 6.42 Å².